The number of aliphatic imine (C=N–C) groups is 1. The number of fused-ring (bicyclic) bond motifs is 1. The quantitative estimate of drug-likeness (QED) is 0.576. The van der Waals surface area contributed by atoms with Gasteiger partial charge >= 0.3 is 0 Å². The summed E-state index contributed by atoms with van der Waals surface area (Å²) in [7, 11) is 1.67. The highest BCUT2D eigenvalue weighted by Crippen LogP contribution is 2.14. The number of aromatic nitrogens is 3. The van der Waals surface area contributed by atoms with Gasteiger partial charge in [0.05, 0.1) is 13.1 Å². The number of hydrogen-bond acceptors (Lipinski definition) is 4. The highest BCUT2D eigenvalue weighted by Gasteiger charge is 2.22. The number of nitrogens with one attached hydrogen (secondary N) is 2. The third kappa shape index (κ3) is 5.07. The van der Waals surface area contributed by atoms with Crippen LogP contribution in [-0.2, 0) is 37.3 Å². The van der Waals surface area contributed by atoms with Crippen LogP contribution in [0.3, 0.4) is 0 Å². The van der Waals surface area contributed by atoms with Crippen LogP contribution in [0.25, 0.3) is 0 Å². The summed E-state index contributed by atoms with van der Waals surface area (Å²) in [6.07, 6.45) is 2.95. The first kappa shape index (κ1) is 19.4. The molecule has 2 heterocycles. The second-order valence-corrected chi connectivity index (χ2v) is 6.76. The first-order valence-electron chi connectivity index (χ1n) is 9.76. The van der Waals surface area contributed by atoms with Gasteiger partial charge in [-0.3, -0.25) is 0 Å². The predicted octanol–water partition coefficient (Wildman–Crippen LogP) is 2.06. The third-order valence-electron chi connectivity index (χ3n) is 4.77. The molecule has 7 nitrogen and oxygen atoms in total. The summed E-state index contributed by atoms with van der Waals surface area (Å²) in [5.41, 5.74) is 2.64. The molecule has 1 unspecified atom stereocenters. The summed E-state index contributed by atoms with van der Waals surface area (Å²) in [5.74, 6) is 2.65. The molecular formula is C20H30N6O. The zero-order valence-electron chi connectivity index (χ0n) is 16.5. The molecule has 1 atom stereocenters. The van der Waals surface area contributed by atoms with Crippen molar-refractivity contribution in [1.82, 2.24) is 25.4 Å². The minimum absolute atomic E-state index is 0.286. The summed E-state index contributed by atoms with van der Waals surface area (Å²) >= 11 is 0. The molecule has 2 N–H and O–H groups in total. The summed E-state index contributed by atoms with van der Waals surface area (Å²) in [4.78, 5) is 9.34. The average molecular weight is 371 g/mol. The lowest BCUT2D eigenvalue weighted by Gasteiger charge is -2.25. The van der Waals surface area contributed by atoms with Crippen molar-refractivity contribution in [3.8, 4) is 0 Å². The molecule has 1 aromatic carbocycles. The Morgan fingerprint density at radius 1 is 1.30 bits per heavy atom. The fourth-order valence-electron chi connectivity index (χ4n) is 3.40. The lowest BCUT2D eigenvalue weighted by atomic mass is 10.1. The van der Waals surface area contributed by atoms with Crippen LogP contribution < -0.4 is 10.6 Å². The van der Waals surface area contributed by atoms with E-state index in [4.69, 9.17) is 9.73 Å². The van der Waals surface area contributed by atoms with Gasteiger partial charge in [0.2, 0.25) is 0 Å². The predicted molar refractivity (Wildman–Crippen MR) is 107 cm³/mol. The highest BCUT2D eigenvalue weighted by molar-refractivity contribution is 5.80. The normalized spacial score (nSPS) is 16.9. The molecule has 1 aliphatic heterocycles. The molecule has 146 valence electrons. The van der Waals surface area contributed by atoms with Crippen molar-refractivity contribution in [2.75, 3.05) is 13.7 Å². The maximum absolute atomic E-state index is 5.14. The first-order chi connectivity index (χ1) is 13.2. The minimum Gasteiger partial charge on any atom is -0.377 e. The summed E-state index contributed by atoms with van der Waals surface area (Å²) in [5, 5.41) is 11.5. The molecule has 0 fully saturated rings. The fraction of sp³-hybridized carbons (Fsp3) is 0.550. The van der Waals surface area contributed by atoms with Crippen LogP contribution in [0.15, 0.2) is 29.3 Å². The third-order valence-corrected chi connectivity index (χ3v) is 4.77. The number of guanidine groups is 1. The van der Waals surface area contributed by atoms with Crippen molar-refractivity contribution in [2.24, 2.45) is 4.99 Å². The number of methoxy groups -OCH3 is 1. The van der Waals surface area contributed by atoms with E-state index >= 15 is 0 Å². The van der Waals surface area contributed by atoms with E-state index < -0.39 is 0 Å². The van der Waals surface area contributed by atoms with E-state index in [-0.39, 0.29) is 6.04 Å². The highest BCUT2D eigenvalue weighted by atomic mass is 16.5. The van der Waals surface area contributed by atoms with Gasteiger partial charge in [-0.25, -0.2) is 14.7 Å². The van der Waals surface area contributed by atoms with E-state index in [2.05, 4.69) is 58.8 Å². The lowest BCUT2D eigenvalue weighted by Crippen LogP contribution is -2.47. The second kappa shape index (κ2) is 9.50. The smallest absolute Gasteiger partial charge is 0.191 e. The summed E-state index contributed by atoms with van der Waals surface area (Å²) in [6, 6.07) is 8.79. The van der Waals surface area contributed by atoms with E-state index in [0.717, 1.165) is 50.0 Å². The number of ether oxygens (including phenoxy) is 1. The van der Waals surface area contributed by atoms with E-state index in [1.54, 1.807) is 7.11 Å². The standard InChI is InChI=1S/C20H30N6O/c1-4-15-8-6-7-9-16(15)12-22-20(21-5-2)23-17-10-11-19-24-18(14-27-3)25-26(19)13-17/h6-9,17H,4-5,10-14H2,1-3H3,(H2,21,22,23). The van der Waals surface area contributed by atoms with Gasteiger partial charge in [0.1, 0.15) is 12.4 Å². The van der Waals surface area contributed by atoms with Gasteiger partial charge in [0.15, 0.2) is 11.8 Å². The van der Waals surface area contributed by atoms with E-state index in [0.29, 0.717) is 13.2 Å². The number of rotatable bonds is 7. The van der Waals surface area contributed by atoms with Gasteiger partial charge in [-0.2, -0.15) is 5.10 Å². The molecule has 0 saturated heterocycles. The Labute approximate surface area is 161 Å². The van der Waals surface area contributed by atoms with Crippen LogP contribution in [-0.4, -0.2) is 40.4 Å². The molecular weight excluding hydrogens is 340 g/mol. The molecule has 1 aliphatic rings. The van der Waals surface area contributed by atoms with E-state index in [1.807, 2.05) is 4.68 Å². The van der Waals surface area contributed by atoms with Gasteiger partial charge in [-0.1, -0.05) is 31.2 Å². The average Bonchev–Trinajstić information content (AvgIpc) is 3.08. The summed E-state index contributed by atoms with van der Waals surface area (Å²) < 4.78 is 7.13. The lowest BCUT2D eigenvalue weighted by molar-refractivity contribution is 0.177. The largest absolute Gasteiger partial charge is 0.377 e. The minimum atomic E-state index is 0.286. The molecule has 2 aromatic rings. The van der Waals surface area contributed by atoms with Crippen molar-refractivity contribution in [1.29, 1.82) is 0 Å². The molecule has 0 radical (unpaired) electrons. The Morgan fingerprint density at radius 3 is 2.85 bits per heavy atom. The Hall–Kier alpha value is -2.41. The zero-order valence-corrected chi connectivity index (χ0v) is 16.5. The van der Waals surface area contributed by atoms with Crippen LogP contribution in [0.2, 0.25) is 0 Å². The van der Waals surface area contributed by atoms with Crippen molar-refractivity contribution in [2.45, 2.75) is 58.8 Å². The molecule has 0 amide bonds. The number of benzene rings is 1. The monoisotopic (exact) mass is 370 g/mol. The van der Waals surface area contributed by atoms with Gasteiger partial charge in [0.25, 0.3) is 0 Å². The molecule has 27 heavy (non-hydrogen) atoms. The van der Waals surface area contributed by atoms with E-state index in [1.165, 1.54) is 11.1 Å². The fourth-order valence-corrected chi connectivity index (χ4v) is 3.40. The van der Waals surface area contributed by atoms with Crippen LogP contribution in [0.4, 0.5) is 0 Å². The zero-order chi connectivity index (χ0) is 19.1. The van der Waals surface area contributed by atoms with Gasteiger partial charge in [-0.15, -0.1) is 0 Å². The topological polar surface area (TPSA) is 76.4 Å². The maximum Gasteiger partial charge on any atom is 0.191 e. The van der Waals surface area contributed by atoms with Crippen LogP contribution in [0.5, 0.6) is 0 Å². The van der Waals surface area contributed by atoms with Gasteiger partial charge in [-0.05, 0) is 30.9 Å². The van der Waals surface area contributed by atoms with Crippen molar-refractivity contribution < 1.29 is 4.74 Å². The van der Waals surface area contributed by atoms with Crippen LogP contribution >= 0.6 is 0 Å². The number of nitrogens with zero attached hydrogens (tertiary/aromatic N) is 4. The van der Waals surface area contributed by atoms with E-state index in [9.17, 15) is 0 Å². The Morgan fingerprint density at radius 2 is 2.11 bits per heavy atom. The Bertz CT molecular complexity index is 770. The van der Waals surface area contributed by atoms with Crippen molar-refractivity contribution in [3.63, 3.8) is 0 Å². The summed E-state index contributed by atoms with van der Waals surface area (Å²) in [6.45, 7) is 7.03. The number of aryl methyl sites for hydroxylation is 2. The number of hydrogen-bond donors (Lipinski definition) is 2. The molecule has 0 aliphatic carbocycles. The molecule has 0 spiro atoms. The Kier molecular flexibility index (Phi) is 6.81. The molecule has 1 aromatic heterocycles. The first-order valence-corrected chi connectivity index (χ1v) is 9.76. The molecule has 3 rings (SSSR count). The second-order valence-electron chi connectivity index (χ2n) is 6.76. The van der Waals surface area contributed by atoms with Crippen LogP contribution in [0.1, 0.15) is 43.0 Å². The van der Waals surface area contributed by atoms with Crippen molar-refractivity contribution in [3.05, 3.63) is 47.0 Å². The Balaban J connectivity index is 1.65. The maximum atomic E-state index is 5.14. The SMILES string of the molecule is CCNC(=NCc1ccccc1CC)NC1CCc2nc(COC)nn2C1. The van der Waals surface area contributed by atoms with Gasteiger partial charge in [0, 0.05) is 26.1 Å². The molecule has 0 bridgehead atoms. The van der Waals surface area contributed by atoms with Crippen molar-refractivity contribution >= 4 is 5.96 Å². The molecule has 0 saturated carbocycles. The van der Waals surface area contributed by atoms with Gasteiger partial charge < -0.3 is 15.4 Å². The molecule has 7 heteroatoms. The van der Waals surface area contributed by atoms with Crippen LogP contribution in [0, 0.1) is 0 Å².